The van der Waals surface area contributed by atoms with Crippen LogP contribution in [0.15, 0.2) is 24.3 Å². The van der Waals surface area contributed by atoms with Crippen LogP contribution in [0.4, 0.5) is 5.69 Å². The number of aliphatic hydroxyl groups is 1. The average molecular weight is 439 g/mol. The van der Waals surface area contributed by atoms with E-state index < -0.39 is 6.10 Å². The molecule has 0 amide bonds. The standard InChI is InChI=1S/C20H34N2O4.2ClH/c1-3-4-13-25-14-15-26-17-18(23)16-21-9-11-22(12-10-21)19-7-5-6-8-20(19)24-2;;/h5-8,18,23H,3-4,9-17H2,1-2H3;2*1H. The number of nitrogens with one attached hydrogen (secondary N) is 2. The molecule has 8 heteroatoms. The van der Waals surface area contributed by atoms with Gasteiger partial charge in [0.1, 0.15) is 38.8 Å². The number of quaternary nitrogens is 2. The highest BCUT2D eigenvalue weighted by atomic mass is 35.5. The molecular formula is C20H36Cl2N2O4. The summed E-state index contributed by atoms with van der Waals surface area (Å²) in [5.74, 6) is 0.959. The van der Waals surface area contributed by atoms with Crippen molar-refractivity contribution in [2.75, 3.05) is 66.3 Å². The molecule has 0 bridgehead atoms. The second-order valence-corrected chi connectivity index (χ2v) is 6.95. The number of halogens is 2. The van der Waals surface area contributed by atoms with Gasteiger partial charge in [-0.2, -0.15) is 0 Å². The zero-order valence-electron chi connectivity index (χ0n) is 17.1. The third-order valence-electron chi connectivity index (χ3n) is 4.90. The highest BCUT2D eigenvalue weighted by molar-refractivity contribution is 5.45. The van der Waals surface area contributed by atoms with Gasteiger partial charge < -0.3 is 49.0 Å². The lowest BCUT2D eigenvalue weighted by atomic mass is 10.2. The molecule has 0 radical (unpaired) electrons. The molecule has 3 N–H and O–H groups in total. The number of hydrogen-bond donors (Lipinski definition) is 3. The van der Waals surface area contributed by atoms with Gasteiger partial charge in [-0.15, -0.1) is 0 Å². The zero-order valence-corrected chi connectivity index (χ0v) is 18.6. The van der Waals surface area contributed by atoms with Crippen LogP contribution in [0, 0.1) is 0 Å². The van der Waals surface area contributed by atoms with E-state index in [4.69, 9.17) is 14.2 Å². The van der Waals surface area contributed by atoms with Crippen LogP contribution in [0.25, 0.3) is 0 Å². The Labute approximate surface area is 181 Å². The summed E-state index contributed by atoms with van der Waals surface area (Å²) in [4.78, 5) is 2.90. The van der Waals surface area contributed by atoms with E-state index in [1.807, 2.05) is 12.1 Å². The van der Waals surface area contributed by atoms with Crippen molar-refractivity contribution in [3.8, 4) is 5.75 Å². The molecular weight excluding hydrogens is 403 g/mol. The predicted octanol–water partition coefficient (Wildman–Crippen LogP) is -6.69. The molecule has 1 heterocycles. The summed E-state index contributed by atoms with van der Waals surface area (Å²) >= 11 is 0. The average Bonchev–Trinajstić information content (AvgIpc) is 2.68. The Morgan fingerprint density at radius 1 is 1.00 bits per heavy atom. The molecule has 1 aliphatic rings. The molecule has 1 atom stereocenters. The second kappa shape index (κ2) is 16.2. The molecule has 0 aliphatic carbocycles. The van der Waals surface area contributed by atoms with Gasteiger partial charge in [0, 0.05) is 12.7 Å². The smallest absolute Gasteiger partial charge is 0.179 e. The Hall–Kier alpha value is -0.600. The number of rotatable bonds is 12. The van der Waals surface area contributed by atoms with Gasteiger partial charge >= 0.3 is 0 Å². The van der Waals surface area contributed by atoms with Crippen molar-refractivity contribution in [1.82, 2.24) is 0 Å². The van der Waals surface area contributed by atoms with E-state index in [0.29, 0.717) is 19.8 Å². The summed E-state index contributed by atoms with van der Waals surface area (Å²) in [6, 6.07) is 8.24. The Kier molecular flexibility index (Phi) is 15.9. The van der Waals surface area contributed by atoms with Gasteiger partial charge in [-0.05, 0) is 12.5 Å². The summed E-state index contributed by atoms with van der Waals surface area (Å²) in [7, 11) is 1.73. The maximum atomic E-state index is 10.2. The first-order chi connectivity index (χ1) is 12.7. The molecule has 1 unspecified atom stereocenters. The van der Waals surface area contributed by atoms with Crippen molar-refractivity contribution < 1.29 is 53.9 Å². The third-order valence-corrected chi connectivity index (χ3v) is 4.90. The SMILES string of the molecule is CCCCOCCOCC(O)C[NH+]1CC[NH+](c2ccccc2OC)CC1.[Cl-].[Cl-]. The van der Waals surface area contributed by atoms with Crippen molar-refractivity contribution in [3.05, 3.63) is 24.3 Å². The molecule has 0 saturated carbocycles. The molecule has 1 aromatic carbocycles. The van der Waals surface area contributed by atoms with E-state index in [9.17, 15) is 5.11 Å². The molecule has 1 aliphatic heterocycles. The van der Waals surface area contributed by atoms with Gasteiger partial charge in [0.15, 0.2) is 11.4 Å². The van der Waals surface area contributed by atoms with Crippen LogP contribution in [-0.2, 0) is 9.47 Å². The Morgan fingerprint density at radius 3 is 2.36 bits per heavy atom. The minimum Gasteiger partial charge on any atom is -1.00 e. The lowest BCUT2D eigenvalue weighted by molar-refractivity contribution is -0.988. The van der Waals surface area contributed by atoms with Crippen LogP contribution in [0.3, 0.4) is 0 Å². The lowest BCUT2D eigenvalue weighted by Crippen LogP contribution is -3.26. The van der Waals surface area contributed by atoms with Crippen LogP contribution in [0.1, 0.15) is 19.8 Å². The number of hydrogen-bond acceptors (Lipinski definition) is 4. The van der Waals surface area contributed by atoms with Gasteiger partial charge in [-0.1, -0.05) is 25.5 Å². The van der Waals surface area contributed by atoms with Crippen molar-refractivity contribution in [1.29, 1.82) is 0 Å². The largest absolute Gasteiger partial charge is 1.00 e. The van der Waals surface area contributed by atoms with Gasteiger partial charge in [-0.3, -0.25) is 4.90 Å². The Morgan fingerprint density at radius 2 is 1.68 bits per heavy atom. The molecule has 1 saturated heterocycles. The van der Waals surface area contributed by atoms with Gasteiger partial charge in [0.2, 0.25) is 0 Å². The van der Waals surface area contributed by atoms with Crippen LogP contribution < -0.4 is 39.4 Å². The topological polar surface area (TPSA) is 56.8 Å². The molecule has 0 aromatic heterocycles. The molecule has 28 heavy (non-hydrogen) atoms. The second-order valence-electron chi connectivity index (χ2n) is 6.95. The first kappa shape index (κ1) is 27.4. The minimum absolute atomic E-state index is 0. The highest BCUT2D eigenvalue weighted by Crippen LogP contribution is 2.18. The van der Waals surface area contributed by atoms with E-state index >= 15 is 0 Å². The van der Waals surface area contributed by atoms with Gasteiger partial charge in [0.05, 0.1) is 26.9 Å². The number of methoxy groups -OCH3 is 1. The highest BCUT2D eigenvalue weighted by Gasteiger charge is 2.27. The van der Waals surface area contributed by atoms with E-state index in [1.165, 1.54) is 15.5 Å². The van der Waals surface area contributed by atoms with Crippen molar-refractivity contribution in [2.45, 2.75) is 25.9 Å². The Bertz CT molecular complexity index is 503. The fourth-order valence-electron chi connectivity index (χ4n) is 3.39. The molecule has 1 fully saturated rings. The molecule has 0 spiro atoms. The molecule has 164 valence electrons. The summed E-state index contributed by atoms with van der Waals surface area (Å²) in [6.45, 7) is 9.45. The Balaban J connectivity index is 0.00000364. The number of benzene rings is 1. The number of unbranched alkanes of at least 4 members (excludes halogenated alkanes) is 1. The first-order valence-electron chi connectivity index (χ1n) is 9.89. The molecule has 6 nitrogen and oxygen atoms in total. The number of piperazine rings is 1. The normalized spacial score (nSPS) is 20.0. The van der Waals surface area contributed by atoms with E-state index in [1.54, 1.807) is 7.11 Å². The van der Waals surface area contributed by atoms with E-state index in [2.05, 4.69) is 19.1 Å². The summed E-state index contributed by atoms with van der Waals surface area (Å²) in [6.07, 6.45) is 1.83. The minimum atomic E-state index is -0.409. The maximum Gasteiger partial charge on any atom is 0.179 e. The maximum absolute atomic E-state index is 10.2. The third kappa shape index (κ3) is 9.74. The number of aliphatic hydroxyl groups excluding tert-OH is 1. The number of para-hydroxylation sites is 2. The summed E-state index contributed by atoms with van der Waals surface area (Å²) in [5.41, 5.74) is 1.24. The van der Waals surface area contributed by atoms with Crippen molar-refractivity contribution >= 4 is 5.69 Å². The molecule has 1 aromatic rings. The summed E-state index contributed by atoms with van der Waals surface area (Å²) < 4.78 is 16.5. The van der Waals surface area contributed by atoms with Crippen LogP contribution in [-0.4, -0.2) is 77.5 Å². The van der Waals surface area contributed by atoms with Crippen LogP contribution >= 0.6 is 0 Å². The fourth-order valence-corrected chi connectivity index (χ4v) is 3.39. The van der Waals surface area contributed by atoms with E-state index in [-0.39, 0.29) is 24.8 Å². The van der Waals surface area contributed by atoms with Gasteiger partial charge in [-0.25, -0.2) is 0 Å². The zero-order chi connectivity index (χ0) is 18.6. The van der Waals surface area contributed by atoms with E-state index in [0.717, 1.165) is 57.9 Å². The predicted molar refractivity (Wildman–Crippen MR) is 101 cm³/mol. The quantitative estimate of drug-likeness (QED) is 0.284. The summed E-state index contributed by atoms with van der Waals surface area (Å²) in [5, 5.41) is 10.2. The monoisotopic (exact) mass is 438 g/mol. The molecule has 2 rings (SSSR count). The number of ether oxygens (including phenoxy) is 3. The van der Waals surface area contributed by atoms with Crippen molar-refractivity contribution in [3.63, 3.8) is 0 Å². The van der Waals surface area contributed by atoms with Crippen LogP contribution in [0.5, 0.6) is 5.75 Å². The van der Waals surface area contributed by atoms with Crippen LogP contribution in [0.2, 0.25) is 0 Å². The lowest BCUT2D eigenvalue weighted by Gasteiger charge is -2.31. The van der Waals surface area contributed by atoms with Gasteiger partial charge in [0.25, 0.3) is 0 Å². The fraction of sp³-hybridized carbons (Fsp3) is 0.700. The first-order valence-corrected chi connectivity index (χ1v) is 9.89. The van der Waals surface area contributed by atoms with Crippen molar-refractivity contribution in [2.24, 2.45) is 0 Å².